The molecule has 1 aromatic heterocycles. The van der Waals surface area contributed by atoms with Crippen LogP contribution in [0.1, 0.15) is 34.5 Å². The number of rotatable bonds is 7. The van der Waals surface area contributed by atoms with Crippen LogP contribution in [0.25, 0.3) is 16.9 Å². The first-order valence-corrected chi connectivity index (χ1v) is 14.1. The molecular formula is C31H28Cl3N3O3. The molecule has 0 aliphatic carbocycles. The third kappa shape index (κ3) is 5.25. The number of halogens is 3. The van der Waals surface area contributed by atoms with E-state index in [4.69, 9.17) is 40.5 Å². The molecule has 0 unspecified atom stereocenters. The van der Waals surface area contributed by atoms with Gasteiger partial charge in [-0.1, -0.05) is 65.1 Å². The molecule has 4 aromatic rings. The van der Waals surface area contributed by atoms with Crippen LogP contribution < -0.4 is 5.73 Å². The molecule has 9 heteroatoms. The Hall–Kier alpha value is -3.29. The molecule has 5 rings (SSSR count). The van der Waals surface area contributed by atoms with E-state index in [1.54, 1.807) is 29.2 Å². The zero-order valence-electron chi connectivity index (χ0n) is 21.6. The predicted molar refractivity (Wildman–Crippen MR) is 159 cm³/mol. The minimum atomic E-state index is -0.830. The highest BCUT2D eigenvalue weighted by Gasteiger charge is 2.42. The van der Waals surface area contributed by atoms with Crippen LogP contribution >= 0.6 is 34.8 Å². The standard InChI is InChI=1S/C31H28Cl3N3O3/c32-21-6-9-23(10-7-21)37-27(12-17-38)25(19-28(37)24-11-8-22(33)18-26(24)34)29(39)36-15-13-31(14-16-36,30(35)40)20-4-2-1-3-5-20/h1-11,18-19,38H,12-17H2,(H2,35,40). The Labute approximate surface area is 247 Å². The molecule has 0 bridgehead atoms. The number of aliphatic hydroxyl groups is 1. The number of likely N-dealkylation sites (tertiary alicyclic amines) is 1. The molecule has 1 saturated heterocycles. The third-order valence-electron chi connectivity index (χ3n) is 7.68. The van der Waals surface area contributed by atoms with Crippen molar-refractivity contribution in [2.45, 2.75) is 24.7 Å². The van der Waals surface area contributed by atoms with Gasteiger partial charge in [0.2, 0.25) is 5.91 Å². The molecule has 2 amide bonds. The summed E-state index contributed by atoms with van der Waals surface area (Å²) in [4.78, 5) is 28.5. The fourth-order valence-electron chi connectivity index (χ4n) is 5.56. The number of benzene rings is 3. The van der Waals surface area contributed by atoms with Gasteiger partial charge in [-0.25, -0.2) is 0 Å². The van der Waals surface area contributed by atoms with Crippen molar-refractivity contribution in [2.75, 3.05) is 19.7 Å². The molecule has 0 saturated carbocycles. The van der Waals surface area contributed by atoms with Crippen LogP contribution in [0.15, 0.2) is 78.9 Å². The maximum absolute atomic E-state index is 14.1. The normalized spacial score (nSPS) is 14.8. The largest absolute Gasteiger partial charge is 0.396 e. The summed E-state index contributed by atoms with van der Waals surface area (Å²) in [5.41, 5.74) is 9.19. The van der Waals surface area contributed by atoms with E-state index in [2.05, 4.69) is 0 Å². The van der Waals surface area contributed by atoms with Crippen molar-refractivity contribution in [1.82, 2.24) is 9.47 Å². The maximum Gasteiger partial charge on any atom is 0.255 e. The zero-order chi connectivity index (χ0) is 28.4. The predicted octanol–water partition coefficient (Wildman–Crippen LogP) is 6.30. The highest BCUT2D eigenvalue weighted by atomic mass is 35.5. The Morgan fingerprint density at radius 2 is 1.52 bits per heavy atom. The Bertz CT molecular complexity index is 1540. The summed E-state index contributed by atoms with van der Waals surface area (Å²) < 4.78 is 1.93. The number of aliphatic hydroxyl groups excluding tert-OH is 1. The Morgan fingerprint density at radius 3 is 2.12 bits per heavy atom. The van der Waals surface area contributed by atoms with Crippen molar-refractivity contribution >= 4 is 46.6 Å². The molecule has 3 N–H and O–H groups in total. The lowest BCUT2D eigenvalue weighted by Crippen LogP contribution is -2.51. The highest BCUT2D eigenvalue weighted by Crippen LogP contribution is 2.39. The molecular weight excluding hydrogens is 569 g/mol. The molecule has 0 spiro atoms. The fraction of sp³-hybridized carbons (Fsp3) is 0.226. The number of hydrogen-bond acceptors (Lipinski definition) is 3. The van der Waals surface area contributed by atoms with E-state index in [1.165, 1.54) is 0 Å². The SMILES string of the molecule is NC(=O)C1(c2ccccc2)CCN(C(=O)c2cc(-c3ccc(Cl)cc3Cl)n(-c3ccc(Cl)cc3)c2CCO)CC1. The minimum absolute atomic E-state index is 0.162. The van der Waals surface area contributed by atoms with Gasteiger partial charge >= 0.3 is 0 Å². The number of carbonyl (C=O) groups is 2. The second kappa shape index (κ2) is 11.7. The highest BCUT2D eigenvalue weighted by molar-refractivity contribution is 6.36. The van der Waals surface area contributed by atoms with Crippen molar-refractivity contribution in [2.24, 2.45) is 5.73 Å². The van der Waals surface area contributed by atoms with Crippen LogP contribution in [-0.4, -0.2) is 46.1 Å². The van der Waals surface area contributed by atoms with E-state index in [9.17, 15) is 14.7 Å². The van der Waals surface area contributed by atoms with Gasteiger partial charge < -0.3 is 20.3 Å². The summed E-state index contributed by atoms with van der Waals surface area (Å²) in [5.74, 6) is -0.575. The van der Waals surface area contributed by atoms with Crippen LogP contribution in [0.3, 0.4) is 0 Å². The monoisotopic (exact) mass is 595 g/mol. The maximum atomic E-state index is 14.1. The first kappa shape index (κ1) is 28.2. The molecule has 6 nitrogen and oxygen atoms in total. The van der Waals surface area contributed by atoms with Gasteiger partial charge in [0.25, 0.3) is 5.91 Å². The molecule has 206 valence electrons. The number of piperidine rings is 1. The average molecular weight is 597 g/mol. The lowest BCUT2D eigenvalue weighted by Gasteiger charge is -2.40. The lowest BCUT2D eigenvalue weighted by atomic mass is 9.72. The van der Waals surface area contributed by atoms with E-state index in [0.29, 0.717) is 63.5 Å². The van der Waals surface area contributed by atoms with Crippen LogP contribution in [0.4, 0.5) is 0 Å². The fourth-order valence-corrected chi connectivity index (χ4v) is 6.20. The third-order valence-corrected chi connectivity index (χ3v) is 8.48. The molecule has 0 atom stereocenters. The summed E-state index contributed by atoms with van der Waals surface area (Å²) in [6, 6.07) is 23.8. The number of primary amides is 1. The Balaban J connectivity index is 1.57. The van der Waals surface area contributed by atoms with Crippen molar-refractivity contribution in [3.63, 3.8) is 0 Å². The second-order valence-corrected chi connectivity index (χ2v) is 11.2. The van der Waals surface area contributed by atoms with Crippen LogP contribution in [-0.2, 0) is 16.6 Å². The van der Waals surface area contributed by atoms with E-state index in [1.807, 2.05) is 59.2 Å². The van der Waals surface area contributed by atoms with Crippen LogP contribution in [0.2, 0.25) is 15.1 Å². The van der Waals surface area contributed by atoms with Crippen LogP contribution in [0.5, 0.6) is 0 Å². The van der Waals surface area contributed by atoms with E-state index in [-0.39, 0.29) is 24.8 Å². The number of hydrogen-bond donors (Lipinski definition) is 2. The topological polar surface area (TPSA) is 88.6 Å². The van der Waals surface area contributed by atoms with E-state index < -0.39 is 5.41 Å². The van der Waals surface area contributed by atoms with E-state index >= 15 is 0 Å². The van der Waals surface area contributed by atoms with Gasteiger partial charge in [0.15, 0.2) is 0 Å². The summed E-state index contributed by atoms with van der Waals surface area (Å²) in [7, 11) is 0. The summed E-state index contributed by atoms with van der Waals surface area (Å²) in [6.07, 6.45) is 1.07. The van der Waals surface area contributed by atoms with Gasteiger partial charge in [0.05, 0.1) is 21.7 Å². The molecule has 1 aliphatic heterocycles. The quantitative estimate of drug-likeness (QED) is 0.263. The van der Waals surface area contributed by atoms with Crippen molar-refractivity contribution in [3.8, 4) is 16.9 Å². The van der Waals surface area contributed by atoms with Gasteiger partial charge in [-0.05, 0) is 66.9 Å². The number of aromatic nitrogens is 1. The second-order valence-electron chi connectivity index (χ2n) is 9.90. The Kier molecular flexibility index (Phi) is 8.24. The van der Waals surface area contributed by atoms with Crippen molar-refractivity contribution in [1.29, 1.82) is 0 Å². The van der Waals surface area contributed by atoms with Crippen molar-refractivity contribution in [3.05, 3.63) is 111 Å². The van der Waals surface area contributed by atoms with Gasteiger partial charge in [-0.2, -0.15) is 0 Å². The smallest absolute Gasteiger partial charge is 0.255 e. The zero-order valence-corrected chi connectivity index (χ0v) is 23.9. The number of nitrogens with zero attached hydrogens (tertiary/aromatic N) is 2. The van der Waals surface area contributed by atoms with Gasteiger partial charge in [0, 0.05) is 53.1 Å². The molecule has 2 heterocycles. The summed E-state index contributed by atoms with van der Waals surface area (Å²) in [5, 5.41) is 11.5. The van der Waals surface area contributed by atoms with Crippen LogP contribution in [0, 0.1) is 0 Å². The van der Waals surface area contributed by atoms with Crippen molar-refractivity contribution < 1.29 is 14.7 Å². The Morgan fingerprint density at radius 1 is 0.875 bits per heavy atom. The van der Waals surface area contributed by atoms with Gasteiger partial charge in [-0.3, -0.25) is 9.59 Å². The molecule has 1 fully saturated rings. The first-order chi connectivity index (χ1) is 19.2. The first-order valence-electron chi connectivity index (χ1n) is 13.0. The molecule has 3 aromatic carbocycles. The minimum Gasteiger partial charge on any atom is -0.396 e. The van der Waals surface area contributed by atoms with Gasteiger partial charge in [-0.15, -0.1) is 0 Å². The number of amides is 2. The molecule has 1 aliphatic rings. The number of carbonyl (C=O) groups excluding carboxylic acids is 2. The lowest BCUT2D eigenvalue weighted by molar-refractivity contribution is -0.125. The van der Waals surface area contributed by atoms with E-state index in [0.717, 1.165) is 11.3 Å². The molecule has 40 heavy (non-hydrogen) atoms. The summed E-state index contributed by atoms with van der Waals surface area (Å²) >= 11 is 19.0. The van der Waals surface area contributed by atoms with Gasteiger partial charge in [0.1, 0.15) is 0 Å². The summed E-state index contributed by atoms with van der Waals surface area (Å²) in [6.45, 7) is 0.557. The number of nitrogens with two attached hydrogens (primary N) is 1. The average Bonchev–Trinajstić information content (AvgIpc) is 3.32. The molecule has 0 radical (unpaired) electrons.